The number of carbonyl (C=O) groups is 1. The molecule has 0 fully saturated rings. The predicted molar refractivity (Wildman–Crippen MR) is 57.0 cm³/mol. The van der Waals surface area contributed by atoms with Crippen molar-refractivity contribution in [3.05, 3.63) is 30.5 Å². The lowest BCUT2D eigenvalue weighted by Crippen LogP contribution is -2.13. The average Bonchev–Trinajstić information content (AvgIpc) is 2.35. The van der Waals surface area contributed by atoms with Gasteiger partial charge in [-0.05, 0) is 12.1 Å². The topological polar surface area (TPSA) is 61.3 Å². The van der Waals surface area contributed by atoms with Gasteiger partial charge in [0.05, 0.1) is 24.3 Å². The Labute approximate surface area is 92.0 Å². The van der Waals surface area contributed by atoms with E-state index in [9.17, 15) is 4.79 Å². The highest BCUT2D eigenvalue weighted by Crippen LogP contribution is 2.12. The third-order valence-electron chi connectivity index (χ3n) is 1.99. The van der Waals surface area contributed by atoms with Gasteiger partial charge in [-0.3, -0.25) is 0 Å². The first-order chi connectivity index (χ1) is 7.79. The van der Waals surface area contributed by atoms with Gasteiger partial charge in [0, 0.05) is 0 Å². The maximum absolute atomic E-state index is 10.9. The molecule has 0 saturated heterocycles. The van der Waals surface area contributed by atoms with E-state index in [1.807, 2.05) is 24.3 Å². The van der Waals surface area contributed by atoms with Crippen LogP contribution in [0.5, 0.6) is 5.88 Å². The van der Waals surface area contributed by atoms with Gasteiger partial charge in [-0.15, -0.1) is 0 Å². The molecule has 16 heavy (non-hydrogen) atoms. The highest BCUT2D eigenvalue weighted by Gasteiger charge is 2.04. The first-order valence-electron chi connectivity index (χ1n) is 4.71. The Kier molecular flexibility index (Phi) is 2.95. The zero-order valence-electron chi connectivity index (χ0n) is 8.71. The number of aromatic nitrogens is 2. The Morgan fingerprint density at radius 3 is 2.81 bits per heavy atom. The summed E-state index contributed by atoms with van der Waals surface area (Å²) in [7, 11) is 1.30. The van der Waals surface area contributed by atoms with Gasteiger partial charge in [0.1, 0.15) is 0 Å². The van der Waals surface area contributed by atoms with Crippen LogP contribution in [0.4, 0.5) is 0 Å². The molecular weight excluding hydrogens is 208 g/mol. The van der Waals surface area contributed by atoms with E-state index < -0.39 is 5.97 Å². The number of rotatable bonds is 3. The SMILES string of the molecule is COC(=O)COc1cnc2ccccc2n1. The van der Waals surface area contributed by atoms with Crippen molar-refractivity contribution in [3.63, 3.8) is 0 Å². The third kappa shape index (κ3) is 2.25. The molecule has 0 amide bonds. The number of methoxy groups -OCH3 is 1. The number of nitrogens with zero attached hydrogens (tertiary/aromatic N) is 2. The molecule has 0 spiro atoms. The number of hydrogen-bond acceptors (Lipinski definition) is 5. The van der Waals surface area contributed by atoms with Crippen molar-refractivity contribution in [2.75, 3.05) is 13.7 Å². The van der Waals surface area contributed by atoms with Gasteiger partial charge in [0.25, 0.3) is 0 Å². The molecule has 82 valence electrons. The number of fused-ring (bicyclic) bond motifs is 1. The highest BCUT2D eigenvalue weighted by molar-refractivity contribution is 5.74. The zero-order valence-corrected chi connectivity index (χ0v) is 8.71. The van der Waals surface area contributed by atoms with Crippen LogP contribution in [0.2, 0.25) is 0 Å². The second-order valence-electron chi connectivity index (χ2n) is 3.06. The first kappa shape index (κ1) is 10.4. The van der Waals surface area contributed by atoms with Crippen LogP contribution in [0.3, 0.4) is 0 Å². The Morgan fingerprint density at radius 1 is 1.31 bits per heavy atom. The van der Waals surface area contributed by atoms with Gasteiger partial charge in [-0.1, -0.05) is 12.1 Å². The monoisotopic (exact) mass is 218 g/mol. The standard InChI is InChI=1S/C11H10N2O3/c1-15-11(14)7-16-10-6-12-8-4-2-3-5-9(8)13-10/h2-6H,7H2,1H3. The molecule has 0 aliphatic heterocycles. The maximum atomic E-state index is 10.9. The fourth-order valence-electron chi connectivity index (χ4n) is 1.20. The van der Waals surface area contributed by atoms with Crippen LogP contribution in [0.15, 0.2) is 30.5 Å². The summed E-state index contributed by atoms with van der Waals surface area (Å²) < 4.78 is 9.57. The molecule has 0 aliphatic rings. The van der Waals surface area contributed by atoms with Gasteiger partial charge in [0.2, 0.25) is 5.88 Å². The van der Waals surface area contributed by atoms with Crippen LogP contribution in [0.1, 0.15) is 0 Å². The summed E-state index contributed by atoms with van der Waals surface area (Å²) in [5.41, 5.74) is 1.51. The number of benzene rings is 1. The van der Waals surface area contributed by atoms with Crippen molar-refractivity contribution in [1.29, 1.82) is 0 Å². The van der Waals surface area contributed by atoms with E-state index in [0.717, 1.165) is 11.0 Å². The molecule has 0 unspecified atom stereocenters. The second-order valence-corrected chi connectivity index (χ2v) is 3.06. The number of esters is 1. The molecule has 0 N–H and O–H groups in total. The largest absolute Gasteiger partial charge is 0.466 e. The summed E-state index contributed by atoms with van der Waals surface area (Å²) >= 11 is 0. The molecule has 2 aromatic rings. The molecular formula is C11H10N2O3. The van der Waals surface area contributed by atoms with Crippen molar-refractivity contribution < 1.29 is 14.3 Å². The zero-order chi connectivity index (χ0) is 11.4. The summed E-state index contributed by atoms with van der Waals surface area (Å²) in [4.78, 5) is 19.2. The molecule has 0 bridgehead atoms. The molecule has 2 rings (SSSR count). The van der Waals surface area contributed by atoms with E-state index in [4.69, 9.17) is 4.74 Å². The molecule has 1 aromatic heterocycles. The number of hydrogen-bond donors (Lipinski definition) is 0. The summed E-state index contributed by atoms with van der Waals surface area (Å²) in [5.74, 6) is -0.140. The van der Waals surface area contributed by atoms with Gasteiger partial charge >= 0.3 is 5.97 Å². The minimum atomic E-state index is -0.449. The lowest BCUT2D eigenvalue weighted by molar-refractivity contribution is -0.143. The average molecular weight is 218 g/mol. The molecule has 5 nitrogen and oxygen atoms in total. The van der Waals surface area contributed by atoms with E-state index in [-0.39, 0.29) is 6.61 Å². The van der Waals surface area contributed by atoms with E-state index in [0.29, 0.717) is 5.88 Å². The lowest BCUT2D eigenvalue weighted by atomic mass is 10.3. The number of carbonyl (C=O) groups excluding carboxylic acids is 1. The van der Waals surface area contributed by atoms with Crippen LogP contribution < -0.4 is 4.74 Å². The van der Waals surface area contributed by atoms with Crippen molar-refractivity contribution in [1.82, 2.24) is 9.97 Å². The van der Waals surface area contributed by atoms with Crippen LogP contribution in [0, 0.1) is 0 Å². The summed E-state index contributed by atoms with van der Waals surface area (Å²) in [6.45, 7) is -0.163. The fourth-order valence-corrected chi connectivity index (χ4v) is 1.20. The van der Waals surface area contributed by atoms with Crippen LogP contribution >= 0.6 is 0 Å². The Balaban J connectivity index is 2.16. The summed E-state index contributed by atoms with van der Waals surface area (Å²) in [5, 5.41) is 0. The molecule has 0 aliphatic carbocycles. The van der Waals surface area contributed by atoms with Crippen molar-refractivity contribution in [2.45, 2.75) is 0 Å². The fraction of sp³-hybridized carbons (Fsp3) is 0.182. The Hall–Kier alpha value is -2.17. The quantitative estimate of drug-likeness (QED) is 0.724. The van der Waals surface area contributed by atoms with Crippen LogP contribution in [-0.2, 0) is 9.53 Å². The number of para-hydroxylation sites is 2. The van der Waals surface area contributed by atoms with E-state index in [2.05, 4.69) is 14.7 Å². The minimum Gasteiger partial charge on any atom is -0.466 e. The molecule has 1 heterocycles. The maximum Gasteiger partial charge on any atom is 0.343 e. The normalized spacial score (nSPS) is 10.1. The summed E-state index contributed by atoms with van der Waals surface area (Å²) in [6, 6.07) is 7.42. The van der Waals surface area contributed by atoms with Crippen molar-refractivity contribution >= 4 is 17.0 Å². The summed E-state index contributed by atoms with van der Waals surface area (Å²) in [6.07, 6.45) is 1.48. The van der Waals surface area contributed by atoms with Crippen LogP contribution in [0.25, 0.3) is 11.0 Å². The van der Waals surface area contributed by atoms with Gasteiger partial charge in [0.15, 0.2) is 6.61 Å². The second kappa shape index (κ2) is 4.57. The molecule has 0 atom stereocenters. The Morgan fingerprint density at radius 2 is 2.06 bits per heavy atom. The van der Waals surface area contributed by atoms with Crippen molar-refractivity contribution in [3.8, 4) is 5.88 Å². The molecule has 0 saturated carbocycles. The molecule has 0 radical (unpaired) electrons. The Bertz CT molecular complexity index is 513. The van der Waals surface area contributed by atoms with E-state index in [1.165, 1.54) is 13.3 Å². The van der Waals surface area contributed by atoms with E-state index in [1.54, 1.807) is 0 Å². The number of ether oxygens (including phenoxy) is 2. The van der Waals surface area contributed by atoms with Gasteiger partial charge < -0.3 is 9.47 Å². The van der Waals surface area contributed by atoms with Gasteiger partial charge in [-0.25, -0.2) is 14.8 Å². The molecule has 5 heteroatoms. The van der Waals surface area contributed by atoms with Crippen molar-refractivity contribution in [2.24, 2.45) is 0 Å². The lowest BCUT2D eigenvalue weighted by Gasteiger charge is -2.03. The molecule has 1 aromatic carbocycles. The van der Waals surface area contributed by atoms with Crippen LogP contribution in [-0.4, -0.2) is 29.7 Å². The predicted octanol–water partition coefficient (Wildman–Crippen LogP) is 1.18. The van der Waals surface area contributed by atoms with Gasteiger partial charge in [-0.2, -0.15) is 0 Å². The van der Waals surface area contributed by atoms with E-state index >= 15 is 0 Å². The first-order valence-corrected chi connectivity index (χ1v) is 4.71. The highest BCUT2D eigenvalue weighted by atomic mass is 16.6. The smallest absolute Gasteiger partial charge is 0.343 e. The minimum absolute atomic E-state index is 0.163. The third-order valence-corrected chi connectivity index (χ3v) is 1.99.